The van der Waals surface area contributed by atoms with Crippen molar-refractivity contribution < 1.29 is 39.2 Å². The van der Waals surface area contributed by atoms with Crippen molar-refractivity contribution in [1.29, 1.82) is 0 Å². The molecular weight excluding hydrogens is 644 g/mol. The standard InChI is InChI=1S/C43H82O8/c1-4-6-8-10-12-14-16-18-20-22-24-26-28-30-32-34-39(45)50-36-38(42(48)43(49)41(47)37(3)44)51-40(46)35-33-31-29-27-25-23-21-19-17-15-13-11-9-7-5-2/h38,41-43,47-49H,4-36H2,1-3H3/t38-,41+,42-,43-/m1/s1. The second kappa shape index (κ2) is 36.8. The Morgan fingerprint density at radius 2 is 0.725 bits per heavy atom. The zero-order chi connectivity index (χ0) is 37.8. The maximum Gasteiger partial charge on any atom is 0.306 e. The molecule has 0 aromatic heterocycles. The normalized spacial score (nSPS) is 13.8. The summed E-state index contributed by atoms with van der Waals surface area (Å²) >= 11 is 0. The van der Waals surface area contributed by atoms with Crippen LogP contribution in [0.2, 0.25) is 0 Å². The van der Waals surface area contributed by atoms with Crippen molar-refractivity contribution in [2.75, 3.05) is 6.61 Å². The first kappa shape index (κ1) is 49.5. The van der Waals surface area contributed by atoms with Gasteiger partial charge in [-0.05, 0) is 19.8 Å². The van der Waals surface area contributed by atoms with Crippen molar-refractivity contribution >= 4 is 17.7 Å². The van der Waals surface area contributed by atoms with E-state index in [1.807, 2.05) is 0 Å². The number of esters is 2. The molecule has 3 N–H and O–H groups in total. The molecule has 0 radical (unpaired) electrons. The Balaban J connectivity index is 4.20. The highest BCUT2D eigenvalue weighted by atomic mass is 16.6. The minimum absolute atomic E-state index is 0.139. The highest BCUT2D eigenvalue weighted by molar-refractivity contribution is 5.80. The number of ketones is 1. The van der Waals surface area contributed by atoms with E-state index < -0.39 is 48.7 Å². The molecule has 0 saturated carbocycles. The van der Waals surface area contributed by atoms with Gasteiger partial charge in [-0.3, -0.25) is 14.4 Å². The van der Waals surface area contributed by atoms with Gasteiger partial charge in [-0.1, -0.05) is 194 Å². The number of carbonyl (C=O) groups is 3. The fraction of sp³-hybridized carbons (Fsp3) is 0.930. The molecule has 8 nitrogen and oxygen atoms in total. The summed E-state index contributed by atoms with van der Waals surface area (Å²) in [6.45, 7) is 5.14. The molecule has 0 heterocycles. The van der Waals surface area contributed by atoms with Crippen LogP contribution in [0.1, 0.15) is 226 Å². The Morgan fingerprint density at radius 3 is 1.04 bits per heavy atom. The summed E-state index contributed by atoms with van der Waals surface area (Å²) in [6.07, 6.45) is 30.2. The molecular formula is C43H82O8. The average molecular weight is 727 g/mol. The number of ether oxygens (including phenoxy) is 2. The van der Waals surface area contributed by atoms with Crippen LogP contribution >= 0.6 is 0 Å². The zero-order valence-electron chi connectivity index (χ0n) is 33.5. The van der Waals surface area contributed by atoms with Crippen LogP contribution < -0.4 is 0 Å². The van der Waals surface area contributed by atoms with Crippen LogP contribution in [0.5, 0.6) is 0 Å². The van der Waals surface area contributed by atoms with Gasteiger partial charge >= 0.3 is 11.9 Å². The van der Waals surface area contributed by atoms with Gasteiger partial charge in [-0.2, -0.15) is 0 Å². The van der Waals surface area contributed by atoms with E-state index in [2.05, 4.69) is 13.8 Å². The van der Waals surface area contributed by atoms with Crippen LogP contribution in [-0.2, 0) is 23.9 Å². The first-order valence-electron chi connectivity index (χ1n) is 21.6. The molecule has 4 atom stereocenters. The first-order valence-corrected chi connectivity index (χ1v) is 21.6. The molecule has 8 heteroatoms. The molecule has 0 aromatic carbocycles. The minimum Gasteiger partial charge on any atom is -0.462 e. The number of unbranched alkanes of at least 4 members (excludes halogenated alkanes) is 28. The van der Waals surface area contributed by atoms with E-state index in [9.17, 15) is 29.7 Å². The number of hydrogen-bond acceptors (Lipinski definition) is 8. The van der Waals surface area contributed by atoms with Crippen molar-refractivity contribution in [2.24, 2.45) is 0 Å². The fourth-order valence-corrected chi connectivity index (χ4v) is 6.61. The third kappa shape index (κ3) is 31.7. The van der Waals surface area contributed by atoms with E-state index in [4.69, 9.17) is 9.47 Å². The van der Waals surface area contributed by atoms with E-state index in [1.54, 1.807) is 0 Å². The third-order valence-corrected chi connectivity index (χ3v) is 10.1. The summed E-state index contributed by atoms with van der Waals surface area (Å²) in [6, 6.07) is 0. The summed E-state index contributed by atoms with van der Waals surface area (Å²) in [5, 5.41) is 30.9. The van der Waals surface area contributed by atoms with E-state index in [-0.39, 0.29) is 12.8 Å². The first-order chi connectivity index (χ1) is 24.7. The van der Waals surface area contributed by atoms with Gasteiger partial charge in [0.05, 0.1) is 0 Å². The van der Waals surface area contributed by atoms with Gasteiger partial charge < -0.3 is 24.8 Å². The number of hydrogen-bond donors (Lipinski definition) is 3. The molecule has 0 spiro atoms. The Labute approximate surface area is 313 Å². The Kier molecular flexibility index (Phi) is 35.7. The largest absolute Gasteiger partial charge is 0.462 e. The molecule has 0 bridgehead atoms. The van der Waals surface area contributed by atoms with E-state index >= 15 is 0 Å². The molecule has 0 aliphatic heterocycles. The van der Waals surface area contributed by atoms with Crippen LogP contribution in [0.4, 0.5) is 0 Å². The molecule has 302 valence electrons. The molecule has 51 heavy (non-hydrogen) atoms. The topological polar surface area (TPSA) is 130 Å². The number of carbonyl (C=O) groups excluding carboxylic acids is 3. The highest BCUT2D eigenvalue weighted by Gasteiger charge is 2.36. The second-order valence-corrected chi connectivity index (χ2v) is 15.1. The number of aliphatic hydroxyl groups is 3. The van der Waals surface area contributed by atoms with Gasteiger partial charge in [0.1, 0.15) is 24.9 Å². The van der Waals surface area contributed by atoms with Gasteiger partial charge in [0, 0.05) is 12.8 Å². The zero-order valence-corrected chi connectivity index (χ0v) is 33.5. The molecule has 0 unspecified atom stereocenters. The molecule has 0 rings (SSSR count). The maximum absolute atomic E-state index is 12.6. The van der Waals surface area contributed by atoms with Crippen molar-refractivity contribution in [3.05, 3.63) is 0 Å². The van der Waals surface area contributed by atoms with E-state index in [1.165, 1.54) is 141 Å². The third-order valence-electron chi connectivity index (χ3n) is 10.1. The van der Waals surface area contributed by atoms with Crippen molar-refractivity contribution in [3.63, 3.8) is 0 Å². The van der Waals surface area contributed by atoms with Crippen molar-refractivity contribution in [2.45, 2.75) is 251 Å². The minimum atomic E-state index is -1.87. The summed E-state index contributed by atoms with van der Waals surface area (Å²) in [7, 11) is 0. The van der Waals surface area contributed by atoms with Crippen molar-refractivity contribution in [1.82, 2.24) is 0 Å². The molecule has 0 aliphatic rings. The second-order valence-electron chi connectivity index (χ2n) is 15.1. The van der Waals surface area contributed by atoms with Crippen LogP contribution in [0, 0.1) is 0 Å². The van der Waals surface area contributed by atoms with Crippen LogP contribution in [-0.4, -0.2) is 64.1 Å². The van der Waals surface area contributed by atoms with Crippen LogP contribution in [0.3, 0.4) is 0 Å². The Morgan fingerprint density at radius 1 is 0.431 bits per heavy atom. The van der Waals surface area contributed by atoms with Crippen LogP contribution in [0.15, 0.2) is 0 Å². The number of rotatable bonds is 39. The van der Waals surface area contributed by atoms with Gasteiger partial charge in [0.15, 0.2) is 11.9 Å². The van der Waals surface area contributed by atoms with Gasteiger partial charge in [-0.25, -0.2) is 0 Å². The summed E-state index contributed by atoms with van der Waals surface area (Å²) in [5.41, 5.74) is 0. The Hall–Kier alpha value is -1.51. The lowest BCUT2D eigenvalue weighted by Crippen LogP contribution is -2.50. The number of aliphatic hydroxyl groups excluding tert-OH is 3. The maximum atomic E-state index is 12.6. The lowest BCUT2D eigenvalue weighted by molar-refractivity contribution is -0.177. The Bertz CT molecular complexity index is 803. The lowest BCUT2D eigenvalue weighted by atomic mass is 10.0. The molecule has 0 fully saturated rings. The van der Waals surface area contributed by atoms with Crippen LogP contribution in [0.25, 0.3) is 0 Å². The molecule has 0 saturated heterocycles. The monoisotopic (exact) mass is 727 g/mol. The molecule has 0 aromatic rings. The van der Waals surface area contributed by atoms with E-state index in [0.29, 0.717) is 12.8 Å². The summed E-state index contributed by atoms with van der Waals surface area (Å²) in [5.74, 6) is -1.77. The predicted octanol–water partition coefficient (Wildman–Crippen LogP) is 10.6. The van der Waals surface area contributed by atoms with Gasteiger partial charge in [-0.15, -0.1) is 0 Å². The predicted molar refractivity (Wildman–Crippen MR) is 209 cm³/mol. The fourth-order valence-electron chi connectivity index (χ4n) is 6.61. The average Bonchev–Trinajstić information content (AvgIpc) is 3.12. The lowest BCUT2D eigenvalue weighted by Gasteiger charge is -2.28. The van der Waals surface area contributed by atoms with Gasteiger partial charge in [0.25, 0.3) is 0 Å². The smallest absolute Gasteiger partial charge is 0.306 e. The summed E-state index contributed by atoms with van der Waals surface area (Å²) in [4.78, 5) is 36.6. The SMILES string of the molecule is CCCCCCCCCCCCCCCCCC(=O)OC[C@@H](OC(=O)CCCCCCCCCCCCCCCCC)[C@@H](O)[C@H](O)[C@@H](O)C(C)=O. The number of Topliss-reactive ketones (excluding diaryl/α,β-unsaturated/α-hetero) is 1. The van der Waals surface area contributed by atoms with Gasteiger partial charge in [0.2, 0.25) is 0 Å². The molecule has 0 aliphatic carbocycles. The molecule has 0 amide bonds. The van der Waals surface area contributed by atoms with E-state index in [0.717, 1.165) is 45.4 Å². The highest BCUT2D eigenvalue weighted by Crippen LogP contribution is 2.17. The summed E-state index contributed by atoms with van der Waals surface area (Å²) < 4.78 is 10.7. The quantitative estimate of drug-likeness (QED) is 0.0421. The van der Waals surface area contributed by atoms with Crippen molar-refractivity contribution in [3.8, 4) is 0 Å².